The Morgan fingerprint density at radius 1 is 1.48 bits per heavy atom. The first-order valence-corrected chi connectivity index (χ1v) is 7.57. The van der Waals surface area contributed by atoms with Crippen LogP contribution >= 0.6 is 0 Å². The van der Waals surface area contributed by atoms with E-state index in [0.717, 1.165) is 19.3 Å². The molecule has 1 aliphatic rings. The Balaban J connectivity index is 2.07. The van der Waals surface area contributed by atoms with Gasteiger partial charge in [0.2, 0.25) is 5.91 Å². The molecule has 2 atom stereocenters. The van der Waals surface area contributed by atoms with Crippen LogP contribution in [0.5, 0.6) is 5.75 Å². The molecule has 1 aromatic carbocycles. The SMILES string of the molecule is CCOc1ccc(NC(=O)C2CCCC2CN)cc1CO. The first-order chi connectivity index (χ1) is 10.2. The van der Waals surface area contributed by atoms with E-state index in [1.54, 1.807) is 18.2 Å². The molecule has 0 spiro atoms. The topological polar surface area (TPSA) is 84.6 Å². The number of hydrogen-bond donors (Lipinski definition) is 3. The zero-order chi connectivity index (χ0) is 15.2. The zero-order valence-corrected chi connectivity index (χ0v) is 12.5. The molecule has 1 saturated carbocycles. The van der Waals surface area contributed by atoms with E-state index in [2.05, 4.69) is 5.32 Å². The summed E-state index contributed by atoms with van der Waals surface area (Å²) < 4.78 is 5.43. The third-order valence-corrected chi connectivity index (χ3v) is 4.10. The van der Waals surface area contributed by atoms with Crippen LogP contribution in [0.15, 0.2) is 18.2 Å². The number of aliphatic hydroxyl groups is 1. The highest BCUT2D eigenvalue weighted by Gasteiger charge is 2.31. The third-order valence-electron chi connectivity index (χ3n) is 4.10. The number of ether oxygens (including phenoxy) is 1. The van der Waals surface area contributed by atoms with Gasteiger partial charge in [-0.25, -0.2) is 0 Å². The minimum absolute atomic E-state index is 0.000792. The van der Waals surface area contributed by atoms with Crippen molar-refractivity contribution in [2.45, 2.75) is 32.8 Å². The van der Waals surface area contributed by atoms with Crippen LogP contribution in [-0.2, 0) is 11.4 Å². The van der Waals surface area contributed by atoms with E-state index in [4.69, 9.17) is 10.5 Å². The molecule has 1 amide bonds. The predicted molar refractivity (Wildman–Crippen MR) is 82.0 cm³/mol. The maximum absolute atomic E-state index is 12.3. The molecule has 2 rings (SSSR count). The molecule has 5 nitrogen and oxygen atoms in total. The first kappa shape index (κ1) is 15.8. The van der Waals surface area contributed by atoms with E-state index in [0.29, 0.717) is 30.2 Å². The fourth-order valence-electron chi connectivity index (χ4n) is 2.98. The van der Waals surface area contributed by atoms with Crippen molar-refractivity contribution in [2.24, 2.45) is 17.6 Å². The summed E-state index contributed by atoms with van der Waals surface area (Å²) in [7, 11) is 0. The summed E-state index contributed by atoms with van der Waals surface area (Å²) in [4.78, 5) is 12.3. The summed E-state index contributed by atoms with van der Waals surface area (Å²) in [6.45, 7) is 2.88. The summed E-state index contributed by atoms with van der Waals surface area (Å²) in [6.07, 6.45) is 2.99. The Bertz CT molecular complexity index is 490. The van der Waals surface area contributed by atoms with Crippen molar-refractivity contribution in [3.8, 4) is 5.75 Å². The Hall–Kier alpha value is -1.59. The first-order valence-electron chi connectivity index (χ1n) is 7.57. The lowest BCUT2D eigenvalue weighted by atomic mass is 9.95. The summed E-state index contributed by atoms with van der Waals surface area (Å²) in [5, 5.41) is 12.3. The Kier molecular flexibility index (Phi) is 5.59. The van der Waals surface area contributed by atoms with Crippen LogP contribution in [0.3, 0.4) is 0 Å². The normalized spacial score (nSPS) is 21.3. The van der Waals surface area contributed by atoms with Crippen LogP contribution in [0.2, 0.25) is 0 Å². The van der Waals surface area contributed by atoms with Gasteiger partial charge in [-0.05, 0) is 50.4 Å². The second-order valence-corrected chi connectivity index (χ2v) is 5.44. The molecular formula is C16H24N2O3. The number of carbonyl (C=O) groups excluding carboxylic acids is 1. The lowest BCUT2D eigenvalue weighted by Crippen LogP contribution is -2.29. The third kappa shape index (κ3) is 3.74. The molecule has 0 heterocycles. The molecule has 0 aromatic heterocycles. The number of carbonyl (C=O) groups is 1. The molecule has 1 aliphatic carbocycles. The van der Waals surface area contributed by atoms with Gasteiger partial charge in [0.15, 0.2) is 0 Å². The lowest BCUT2D eigenvalue weighted by Gasteiger charge is -2.18. The molecule has 21 heavy (non-hydrogen) atoms. The van der Waals surface area contributed by atoms with Gasteiger partial charge in [0.05, 0.1) is 13.2 Å². The number of anilines is 1. The summed E-state index contributed by atoms with van der Waals surface area (Å²) in [5.41, 5.74) is 7.09. The molecule has 0 saturated heterocycles. The average molecular weight is 292 g/mol. The van der Waals surface area contributed by atoms with Gasteiger partial charge in [0, 0.05) is 17.2 Å². The molecule has 0 aliphatic heterocycles. The average Bonchev–Trinajstić information content (AvgIpc) is 2.97. The number of hydrogen-bond acceptors (Lipinski definition) is 4. The highest BCUT2D eigenvalue weighted by atomic mass is 16.5. The van der Waals surface area contributed by atoms with Crippen molar-refractivity contribution in [1.29, 1.82) is 0 Å². The summed E-state index contributed by atoms with van der Waals surface area (Å²) in [5.74, 6) is 0.957. The molecule has 1 fully saturated rings. The summed E-state index contributed by atoms with van der Waals surface area (Å²) in [6, 6.07) is 5.34. The fourth-order valence-corrected chi connectivity index (χ4v) is 2.98. The van der Waals surface area contributed by atoms with Crippen LogP contribution in [0, 0.1) is 11.8 Å². The molecular weight excluding hydrogens is 268 g/mol. The van der Waals surface area contributed by atoms with Crippen LogP contribution in [-0.4, -0.2) is 24.2 Å². The van der Waals surface area contributed by atoms with Gasteiger partial charge >= 0.3 is 0 Å². The van der Waals surface area contributed by atoms with Crippen LogP contribution < -0.4 is 15.8 Å². The van der Waals surface area contributed by atoms with Gasteiger partial charge in [0.1, 0.15) is 5.75 Å². The van der Waals surface area contributed by atoms with Crippen molar-refractivity contribution >= 4 is 11.6 Å². The van der Waals surface area contributed by atoms with E-state index in [1.807, 2.05) is 6.92 Å². The van der Waals surface area contributed by atoms with Gasteiger partial charge < -0.3 is 20.9 Å². The molecule has 2 unspecified atom stereocenters. The smallest absolute Gasteiger partial charge is 0.227 e. The molecule has 1 aromatic rings. The number of aliphatic hydroxyl groups excluding tert-OH is 1. The van der Waals surface area contributed by atoms with Crippen LogP contribution in [0.25, 0.3) is 0 Å². The largest absolute Gasteiger partial charge is 0.494 e. The van der Waals surface area contributed by atoms with Gasteiger partial charge in [-0.3, -0.25) is 4.79 Å². The van der Waals surface area contributed by atoms with Crippen LogP contribution in [0.4, 0.5) is 5.69 Å². The van der Waals surface area contributed by atoms with Crippen molar-refractivity contribution in [3.63, 3.8) is 0 Å². The van der Waals surface area contributed by atoms with E-state index < -0.39 is 0 Å². The van der Waals surface area contributed by atoms with Gasteiger partial charge in [0.25, 0.3) is 0 Å². The van der Waals surface area contributed by atoms with Crippen molar-refractivity contribution in [1.82, 2.24) is 0 Å². The highest BCUT2D eigenvalue weighted by molar-refractivity contribution is 5.93. The van der Waals surface area contributed by atoms with Crippen molar-refractivity contribution in [3.05, 3.63) is 23.8 Å². The minimum Gasteiger partial charge on any atom is -0.494 e. The predicted octanol–water partition coefficient (Wildman–Crippen LogP) is 1.89. The number of benzene rings is 1. The maximum Gasteiger partial charge on any atom is 0.227 e. The molecule has 0 radical (unpaired) electrons. The number of nitrogens with one attached hydrogen (secondary N) is 1. The van der Waals surface area contributed by atoms with Crippen molar-refractivity contribution in [2.75, 3.05) is 18.5 Å². The monoisotopic (exact) mass is 292 g/mol. The van der Waals surface area contributed by atoms with Gasteiger partial charge in [-0.1, -0.05) is 6.42 Å². The number of amides is 1. The van der Waals surface area contributed by atoms with Crippen LogP contribution in [0.1, 0.15) is 31.7 Å². The second-order valence-electron chi connectivity index (χ2n) is 5.44. The van der Waals surface area contributed by atoms with Gasteiger partial charge in [-0.15, -0.1) is 0 Å². The molecule has 5 heteroatoms. The maximum atomic E-state index is 12.3. The van der Waals surface area contributed by atoms with Gasteiger partial charge in [-0.2, -0.15) is 0 Å². The fraction of sp³-hybridized carbons (Fsp3) is 0.562. The standard InChI is InChI=1S/C16H24N2O3/c1-2-21-15-7-6-13(8-12(15)10-19)18-16(20)14-5-3-4-11(14)9-17/h6-8,11,14,19H,2-5,9-10,17H2,1H3,(H,18,20). The van der Waals surface area contributed by atoms with Crippen molar-refractivity contribution < 1.29 is 14.6 Å². The Labute approximate surface area is 125 Å². The molecule has 4 N–H and O–H groups in total. The zero-order valence-electron chi connectivity index (χ0n) is 12.5. The van der Waals surface area contributed by atoms with E-state index >= 15 is 0 Å². The molecule has 116 valence electrons. The van der Waals surface area contributed by atoms with E-state index in [9.17, 15) is 9.90 Å². The number of nitrogens with two attached hydrogens (primary N) is 1. The Morgan fingerprint density at radius 2 is 2.29 bits per heavy atom. The lowest BCUT2D eigenvalue weighted by molar-refractivity contribution is -0.120. The van der Waals surface area contributed by atoms with E-state index in [1.165, 1.54) is 0 Å². The highest BCUT2D eigenvalue weighted by Crippen LogP contribution is 2.32. The molecule has 0 bridgehead atoms. The second kappa shape index (κ2) is 7.43. The van der Waals surface area contributed by atoms with E-state index in [-0.39, 0.29) is 24.3 Å². The summed E-state index contributed by atoms with van der Waals surface area (Å²) >= 11 is 0. The Morgan fingerprint density at radius 3 is 2.95 bits per heavy atom. The minimum atomic E-state index is -0.117. The number of rotatable bonds is 6. The quantitative estimate of drug-likeness (QED) is 0.747.